The van der Waals surface area contributed by atoms with E-state index in [0.29, 0.717) is 6.61 Å². The summed E-state index contributed by atoms with van der Waals surface area (Å²) in [4.78, 5) is 0. The lowest BCUT2D eigenvalue weighted by molar-refractivity contribution is -0.168. The van der Waals surface area contributed by atoms with Crippen molar-refractivity contribution in [1.82, 2.24) is 0 Å². The zero-order chi connectivity index (χ0) is 21.7. The van der Waals surface area contributed by atoms with Crippen LogP contribution in [0, 0.1) is 6.92 Å². The smallest absolute Gasteiger partial charge is 0.132 e. The SMILES string of the molecule is C/C=C/COC1C(OC(C)C)c2cc(NCc3ccccc3C)ccc2OC1(C)C. The van der Waals surface area contributed by atoms with E-state index < -0.39 is 5.60 Å². The first-order valence-corrected chi connectivity index (χ1v) is 10.8. The van der Waals surface area contributed by atoms with Gasteiger partial charge in [-0.3, -0.25) is 0 Å². The first kappa shape index (κ1) is 22.4. The molecule has 3 rings (SSSR count). The van der Waals surface area contributed by atoms with Crippen LogP contribution in [-0.2, 0) is 16.0 Å². The molecular weight excluding hydrogens is 374 g/mol. The second-order valence-electron chi connectivity index (χ2n) is 8.67. The number of aryl methyl sites for hydroxylation is 1. The van der Waals surface area contributed by atoms with Crippen LogP contribution in [0.2, 0.25) is 0 Å². The summed E-state index contributed by atoms with van der Waals surface area (Å²) in [7, 11) is 0. The molecule has 2 aromatic carbocycles. The third kappa shape index (κ3) is 5.24. The second-order valence-corrected chi connectivity index (χ2v) is 8.67. The first-order chi connectivity index (χ1) is 14.3. The van der Waals surface area contributed by atoms with Crippen LogP contribution in [0.3, 0.4) is 0 Å². The van der Waals surface area contributed by atoms with Gasteiger partial charge in [0.05, 0.1) is 12.7 Å². The van der Waals surface area contributed by atoms with Crippen LogP contribution in [0.25, 0.3) is 0 Å². The van der Waals surface area contributed by atoms with Crippen molar-refractivity contribution in [2.75, 3.05) is 11.9 Å². The standard InChI is InChI=1S/C26H35NO3/c1-7-8-15-28-25-24(29-18(2)3)22-16-21(13-14-23(22)30-26(25,5)6)27-17-20-12-10-9-11-19(20)4/h7-14,16,18,24-25,27H,15,17H2,1-6H3/b8-7+. The van der Waals surface area contributed by atoms with Crippen LogP contribution in [0.15, 0.2) is 54.6 Å². The summed E-state index contributed by atoms with van der Waals surface area (Å²) in [6, 6.07) is 14.7. The summed E-state index contributed by atoms with van der Waals surface area (Å²) in [5.74, 6) is 0.859. The van der Waals surface area contributed by atoms with Crippen molar-refractivity contribution in [3.8, 4) is 5.75 Å². The van der Waals surface area contributed by atoms with Crippen molar-refractivity contribution in [2.24, 2.45) is 0 Å². The summed E-state index contributed by atoms with van der Waals surface area (Å²) in [5, 5.41) is 3.55. The van der Waals surface area contributed by atoms with Crippen LogP contribution in [-0.4, -0.2) is 24.4 Å². The summed E-state index contributed by atoms with van der Waals surface area (Å²) < 4.78 is 19.0. The summed E-state index contributed by atoms with van der Waals surface area (Å²) in [6.07, 6.45) is 3.67. The van der Waals surface area contributed by atoms with E-state index in [1.54, 1.807) is 0 Å². The fourth-order valence-electron chi connectivity index (χ4n) is 3.83. The van der Waals surface area contributed by atoms with E-state index in [-0.39, 0.29) is 18.3 Å². The lowest BCUT2D eigenvalue weighted by Crippen LogP contribution is -2.51. The molecule has 1 aliphatic rings. The van der Waals surface area contributed by atoms with E-state index in [1.807, 2.05) is 25.1 Å². The molecule has 2 aromatic rings. The maximum Gasteiger partial charge on any atom is 0.132 e. The predicted molar refractivity (Wildman–Crippen MR) is 123 cm³/mol. The number of anilines is 1. The minimum Gasteiger partial charge on any atom is -0.485 e. The van der Waals surface area contributed by atoms with Crippen LogP contribution < -0.4 is 10.1 Å². The molecule has 30 heavy (non-hydrogen) atoms. The minimum absolute atomic E-state index is 0.0770. The molecule has 4 heteroatoms. The quantitative estimate of drug-likeness (QED) is 0.527. The van der Waals surface area contributed by atoms with Crippen molar-refractivity contribution in [3.05, 3.63) is 71.3 Å². The molecule has 1 heterocycles. The van der Waals surface area contributed by atoms with Gasteiger partial charge >= 0.3 is 0 Å². The molecule has 0 saturated carbocycles. The van der Waals surface area contributed by atoms with Crippen molar-refractivity contribution in [1.29, 1.82) is 0 Å². The molecule has 0 aliphatic carbocycles. The average molecular weight is 410 g/mol. The van der Waals surface area contributed by atoms with Gasteiger partial charge in [-0.05, 0) is 70.9 Å². The normalized spacial score (nSPS) is 20.2. The van der Waals surface area contributed by atoms with Gasteiger partial charge in [0.15, 0.2) is 0 Å². The Morgan fingerprint density at radius 1 is 1.17 bits per heavy atom. The minimum atomic E-state index is -0.496. The number of hydrogen-bond donors (Lipinski definition) is 1. The van der Waals surface area contributed by atoms with Crippen LogP contribution in [0.5, 0.6) is 5.75 Å². The molecule has 0 aromatic heterocycles. The van der Waals surface area contributed by atoms with Crippen LogP contribution in [0.4, 0.5) is 5.69 Å². The van der Waals surface area contributed by atoms with Crippen molar-refractivity contribution < 1.29 is 14.2 Å². The molecule has 0 bridgehead atoms. The number of ether oxygens (including phenoxy) is 3. The molecule has 1 aliphatic heterocycles. The third-order valence-electron chi connectivity index (χ3n) is 5.42. The Labute approximate surface area is 181 Å². The van der Waals surface area contributed by atoms with Gasteiger partial charge in [-0.15, -0.1) is 0 Å². The van der Waals surface area contributed by atoms with Gasteiger partial charge in [0.25, 0.3) is 0 Å². The maximum atomic E-state index is 6.38. The lowest BCUT2D eigenvalue weighted by Gasteiger charge is -2.44. The highest BCUT2D eigenvalue weighted by atomic mass is 16.6. The van der Waals surface area contributed by atoms with Gasteiger partial charge in [-0.25, -0.2) is 0 Å². The molecule has 4 nitrogen and oxygen atoms in total. The summed E-state index contributed by atoms with van der Waals surface area (Å²) >= 11 is 0. The number of nitrogens with one attached hydrogen (secondary N) is 1. The van der Waals surface area contributed by atoms with Gasteiger partial charge in [0.2, 0.25) is 0 Å². The largest absolute Gasteiger partial charge is 0.485 e. The number of rotatable bonds is 8. The van der Waals surface area contributed by atoms with Gasteiger partial charge in [0.1, 0.15) is 23.6 Å². The Bertz CT molecular complexity index is 872. The highest BCUT2D eigenvalue weighted by Crippen LogP contribution is 2.44. The predicted octanol–water partition coefficient (Wildman–Crippen LogP) is 6.21. The van der Waals surface area contributed by atoms with Crippen molar-refractivity contribution in [3.63, 3.8) is 0 Å². The molecule has 0 amide bonds. The van der Waals surface area contributed by atoms with E-state index >= 15 is 0 Å². The number of hydrogen-bond acceptors (Lipinski definition) is 4. The fraction of sp³-hybridized carbons (Fsp3) is 0.462. The summed E-state index contributed by atoms with van der Waals surface area (Å²) in [5.41, 5.74) is 4.15. The van der Waals surface area contributed by atoms with Gasteiger partial charge < -0.3 is 19.5 Å². The van der Waals surface area contributed by atoms with Gasteiger partial charge in [-0.2, -0.15) is 0 Å². The van der Waals surface area contributed by atoms with E-state index in [9.17, 15) is 0 Å². The molecule has 162 valence electrons. The molecule has 2 atom stereocenters. The first-order valence-electron chi connectivity index (χ1n) is 10.8. The number of allylic oxidation sites excluding steroid dienone is 1. The second kappa shape index (κ2) is 9.67. The number of benzene rings is 2. The Hall–Kier alpha value is -2.30. The van der Waals surface area contributed by atoms with Gasteiger partial charge in [0, 0.05) is 17.8 Å². The van der Waals surface area contributed by atoms with Crippen molar-refractivity contribution in [2.45, 2.75) is 72.0 Å². The molecule has 0 fully saturated rings. The van der Waals surface area contributed by atoms with E-state index in [2.05, 4.69) is 76.3 Å². The Morgan fingerprint density at radius 3 is 2.63 bits per heavy atom. The summed E-state index contributed by atoms with van der Waals surface area (Å²) in [6.45, 7) is 13.7. The van der Waals surface area contributed by atoms with Crippen LogP contribution in [0.1, 0.15) is 57.4 Å². The van der Waals surface area contributed by atoms with E-state index in [1.165, 1.54) is 11.1 Å². The Kier molecular flexibility index (Phi) is 7.22. The molecule has 2 unspecified atom stereocenters. The average Bonchev–Trinajstić information content (AvgIpc) is 2.69. The molecule has 0 spiro atoms. The Morgan fingerprint density at radius 2 is 1.93 bits per heavy atom. The maximum absolute atomic E-state index is 6.38. The Balaban J connectivity index is 1.88. The van der Waals surface area contributed by atoms with Crippen LogP contribution >= 0.6 is 0 Å². The molecule has 0 radical (unpaired) electrons. The highest BCUT2D eigenvalue weighted by Gasteiger charge is 2.45. The monoisotopic (exact) mass is 409 g/mol. The molecule has 1 N–H and O–H groups in total. The van der Waals surface area contributed by atoms with Crippen molar-refractivity contribution >= 4 is 5.69 Å². The lowest BCUT2D eigenvalue weighted by atomic mass is 9.87. The van der Waals surface area contributed by atoms with Gasteiger partial charge in [-0.1, -0.05) is 36.4 Å². The third-order valence-corrected chi connectivity index (χ3v) is 5.42. The van der Waals surface area contributed by atoms with E-state index in [4.69, 9.17) is 14.2 Å². The molecular formula is C26H35NO3. The zero-order valence-electron chi connectivity index (χ0n) is 19.1. The molecule has 0 saturated heterocycles. The zero-order valence-corrected chi connectivity index (χ0v) is 19.1. The van der Waals surface area contributed by atoms with E-state index in [0.717, 1.165) is 23.5 Å². The topological polar surface area (TPSA) is 39.7 Å². The number of fused-ring (bicyclic) bond motifs is 1. The highest BCUT2D eigenvalue weighted by molar-refractivity contribution is 5.54. The fourth-order valence-corrected chi connectivity index (χ4v) is 3.83.